The smallest absolute Gasteiger partial charge is 0.161 e. The summed E-state index contributed by atoms with van der Waals surface area (Å²) in [4.78, 5) is 11.4. The molecule has 1 aliphatic rings. The van der Waals surface area contributed by atoms with Gasteiger partial charge in [-0.3, -0.25) is 4.79 Å². The van der Waals surface area contributed by atoms with E-state index in [9.17, 15) is 9.90 Å². The van der Waals surface area contributed by atoms with Crippen molar-refractivity contribution in [3.8, 4) is 11.5 Å². The van der Waals surface area contributed by atoms with E-state index < -0.39 is 6.10 Å². The zero-order chi connectivity index (χ0) is 16.7. The zero-order valence-electron chi connectivity index (χ0n) is 13.8. The van der Waals surface area contributed by atoms with Crippen LogP contribution in [0.3, 0.4) is 0 Å². The summed E-state index contributed by atoms with van der Waals surface area (Å²) in [6, 6.07) is 5.03. The van der Waals surface area contributed by atoms with Crippen LogP contribution in [-0.4, -0.2) is 56.5 Å². The summed E-state index contributed by atoms with van der Waals surface area (Å²) in [5.41, 5.74) is 0.569. The Labute approximate surface area is 136 Å². The molecular formula is C17H26NO5+. The van der Waals surface area contributed by atoms with Crippen molar-refractivity contribution in [2.75, 3.05) is 33.4 Å². The SMILES string of the molecule is COc1cc(C(C)=O)ccc1OC[C@H](O)C[NH2+]C[C@@H]1CCCO1. The number of benzene rings is 1. The molecule has 23 heavy (non-hydrogen) atoms. The Balaban J connectivity index is 1.76. The third-order valence-electron chi connectivity index (χ3n) is 3.89. The largest absolute Gasteiger partial charge is 0.493 e. The monoisotopic (exact) mass is 324 g/mol. The third-order valence-corrected chi connectivity index (χ3v) is 3.89. The maximum Gasteiger partial charge on any atom is 0.161 e. The van der Waals surface area contributed by atoms with Gasteiger partial charge in [0, 0.05) is 12.2 Å². The Kier molecular flexibility index (Phi) is 6.83. The van der Waals surface area contributed by atoms with Crippen LogP contribution in [0.5, 0.6) is 11.5 Å². The summed E-state index contributed by atoms with van der Waals surface area (Å²) >= 11 is 0. The van der Waals surface area contributed by atoms with E-state index in [4.69, 9.17) is 14.2 Å². The molecule has 0 radical (unpaired) electrons. The summed E-state index contributed by atoms with van der Waals surface area (Å²) in [5.74, 6) is 0.988. The number of ether oxygens (including phenoxy) is 3. The average molecular weight is 324 g/mol. The number of hydrogen-bond acceptors (Lipinski definition) is 5. The molecule has 3 N–H and O–H groups in total. The van der Waals surface area contributed by atoms with E-state index >= 15 is 0 Å². The molecular weight excluding hydrogens is 298 g/mol. The molecule has 1 aromatic rings. The molecule has 6 heteroatoms. The molecule has 0 aliphatic carbocycles. The van der Waals surface area contributed by atoms with Crippen LogP contribution in [0.4, 0.5) is 0 Å². The second-order valence-corrected chi connectivity index (χ2v) is 5.78. The van der Waals surface area contributed by atoms with E-state index in [0.717, 1.165) is 26.0 Å². The van der Waals surface area contributed by atoms with Gasteiger partial charge in [0.2, 0.25) is 0 Å². The van der Waals surface area contributed by atoms with Crippen molar-refractivity contribution in [3.63, 3.8) is 0 Å². The molecule has 0 saturated carbocycles. The van der Waals surface area contributed by atoms with E-state index in [1.807, 2.05) is 0 Å². The van der Waals surface area contributed by atoms with Crippen LogP contribution in [0, 0.1) is 0 Å². The average Bonchev–Trinajstić information content (AvgIpc) is 3.06. The molecule has 0 aromatic heterocycles. The molecule has 1 saturated heterocycles. The number of Topliss-reactive ketones (excluding diaryl/α,β-unsaturated/α-hetero) is 1. The second-order valence-electron chi connectivity index (χ2n) is 5.78. The molecule has 1 fully saturated rings. The zero-order valence-corrected chi connectivity index (χ0v) is 13.8. The Morgan fingerprint density at radius 1 is 1.48 bits per heavy atom. The van der Waals surface area contributed by atoms with Crippen molar-refractivity contribution in [3.05, 3.63) is 23.8 Å². The Morgan fingerprint density at radius 3 is 2.96 bits per heavy atom. The van der Waals surface area contributed by atoms with E-state index in [2.05, 4.69) is 5.32 Å². The van der Waals surface area contributed by atoms with Gasteiger partial charge in [-0.2, -0.15) is 0 Å². The Bertz CT molecular complexity index is 514. The fraction of sp³-hybridized carbons (Fsp3) is 0.588. The number of carbonyl (C=O) groups is 1. The minimum absolute atomic E-state index is 0.0291. The highest BCUT2D eigenvalue weighted by molar-refractivity contribution is 5.94. The number of methoxy groups -OCH3 is 1. The summed E-state index contributed by atoms with van der Waals surface area (Å²) in [7, 11) is 1.53. The van der Waals surface area contributed by atoms with Crippen LogP contribution < -0.4 is 14.8 Å². The van der Waals surface area contributed by atoms with Crippen LogP contribution in [0.1, 0.15) is 30.1 Å². The quantitative estimate of drug-likeness (QED) is 0.642. The molecule has 1 aromatic carbocycles. The van der Waals surface area contributed by atoms with Gasteiger partial charge in [-0.25, -0.2) is 0 Å². The minimum atomic E-state index is -0.575. The van der Waals surface area contributed by atoms with Crippen LogP contribution >= 0.6 is 0 Å². The Hall–Kier alpha value is -1.63. The summed E-state index contributed by atoms with van der Waals surface area (Å²) in [5, 5.41) is 12.1. The Morgan fingerprint density at radius 2 is 2.30 bits per heavy atom. The number of aliphatic hydroxyl groups is 1. The predicted molar refractivity (Wildman–Crippen MR) is 85.1 cm³/mol. The van der Waals surface area contributed by atoms with Crippen LogP contribution in [-0.2, 0) is 4.74 Å². The third kappa shape index (κ3) is 5.49. The van der Waals surface area contributed by atoms with E-state index in [0.29, 0.717) is 29.7 Å². The lowest BCUT2D eigenvalue weighted by Gasteiger charge is -2.15. The van der Waals surface area contributed by atoms with Gasteiger partial charge in [0.25, 0.3) is 0 Å². The van der Waals surface area contributed by atoms with Crippen LogP contribution in [0.15, 0.2) is 18.2 Å². The topological polar surface area (TPSA) is 81.6 Å². The molecule has 0 unspecified atom stereocenters. The lowest BCUT2D eigenvalue weighted by atomic mass is 10.1. The summed E-state index contributed by atoms with van der Waals surface area (Å²) in [6.07, 6.45) is 1.96. The van der Waals surface area contributed by atoms with E-state index in [1.54, 1.807) is 18.2 Å². The van der Waals surface area contributed by atoms with Gasteiger partial charge in [0.15, 0.2) is 17.3 Å². The first kappa shape index (κ1) is 17.7. The predicted octanol–water partition coefficient (Wildman–Crippen LogP) is 0.380. The summed E-state index contributed by atoms with van der Waals surface area (Å²) in [6.45, 7) is 3.96. The molecule has 128 valence electrons. The maximum atomic E-state index is 11.4. The van der Waals surface area contributed by atoms with Crippen molar-refractivity contribution >= 4 is 5.78 Å². The van der Waals surface area contributed by atoms with Crippen molar-refractivity contribution < 1.29 is 29.4 Å². The highest BCUT2D eigenvalue weighted by atomic mass is 16.5. The van der Waals surface area contributed by atoms with Crippen LogP contribution in [0.2, 0.25) is 0 Å². The minimum Gasteiger partial charge on any atom is -0.493 e. The molecule has 6 nitrogen and oxygen atoms in total. The first-order valence-corrected chi connectivity index (χ1v) is 8.03. The van der Waals surface area contributed by atoms with Gasteiger partial charge in [-0.05, 0) is 38.0 Å². The van der Waals surface area contributed by atoms with Gasteiger partial charge in [-0.15, -0.1) is 0 Å². The maximum absolute atomic E-state index is 11.4. The highest BCUT2D eigenvalue weighted by Crippen LogP contribution is 2.28. The number of quaternary nitrogens is 1. The number of rotatable bonds is 9. The number of nitrogens with two attached hydrogens (primary N) is 1. The molecule has 2 atom stereocenters. The standard InChI is InChI=1S/C17H25NO5/c1-12(19)13-5-6-16(17(8-13)21-2)23-11-14(20)9-18-10-15-4-3-7-22-15/h5-6,8,14-15,18,20H,3-4,7,9-11H2,1-2H3/p+1/t14-,15+/m1/s1. The number of aliphatic hydroxyl groups excluding tert-OH is 1. The van der Waals surface area contributed by atoms with E-state index in [1.165, 1.54) is 14.0 Å². The van der Waals surface area contributed by atoms with Crippen molar-refractivity contribution in [2.24, 2.45) is 0 Å². The second kappa shape index (κ2) is 8.86. The first-order valence-electron chi connectivity index (χ1n) is 8.03. The van der Waals surface area contributed by atoms with Gasteiger partial charge in [0.1, 0.15) is 31.9 Å². The fourth-order valence-electron chi connectivity index (χ4n) is 2.56. The number of ketones is 1. The first-order chi connectivity index (χ1) is 11.1. The van der Waals surface area contributed by atoms with Gasteiger partial charge in [0.05, 0.1) is 7.11 Å². The normalized spacial score (nSPS) is 18.7. The van der Waals surface area contributed by atoms with Gasteiger partial charge < -0.3 is 24.6 Å². The molecule has 1 heterocycles. The van der Waals surface area contributed by atoms with Crippen molar-refractivity contribution in [1.82, 2.24) is 0 Å². The fourth-order valence-corrected chi connectivity index (χ4v) is 2.56. The molecule has 0 bridgehead atoms. The highest BCUT2D eigenvalue weighted by Gasteiger charge is 2.18. The number of hydrogen-bond donors (Lipinski definition) is 2. The molecule has 0 spiro atoms. The molecule has 2 rings (SSSR count). The van der Waals surface area contributed by atoms with Gasteiger partial charge >= 0.3 is 0 Å². The molecule has 0 amide bonds. The summed E-state index contributed by atoms with van der Waals surface area (Å²) < 4.78 is 16.4. The lowest BCUT2D eigenvalue weighted by Crippen LogP contribution is -2.88. The lowest BCUT2D eigenvalue weighted by molar-refractivity contribution is -0.666. The van der Waals surface area contributed by atoms with E-state index in [-0.39, 0.29) is 12.4 Å². The number of carbonyl (C=O) groups excluding carboxylic acids is 1. The van der Waals surface area contributed by atoms with Crippen molar-refractivity contribution in [2.45, 2.75) is 32.0 Å². The van der Waals surface area contributed by atoms with Gasteiger partial charge in [-0.1, -0.05) is 0 Å². The van der Waals surface area contributed by atoms with Crippen molar-refractivity contribution in [1.29, 1.82) is 0 Å². The molecule has 1 aliphatic heterocycles. The van der Waals surface area contributed by atoms with Crippen LogP contribution in [0.25, 0.3) is 0 Å².